The van der Waals surface area contributed by atoms with Crippen molar-refractivity contribution in [1.29, 1.82) is 0 Å². The van der Waals surface area contributed by atoms with Crippen LogP contribution in [0.5, 0.6) is 0 Å². The highest BCUT2D eigenvalue weighted by Gasteiger charge is 1.94. The molecule has 3 nitrogen and oxygen atoms in total. The molecule has 0 aliphatic rings. The highest BCUT2D eigenvalue weighted by molar-refractivity contribution is 5.49. The van der Waals surface area contributed by atoms with Crippen LogP contribution < -0.4 is 0 Å². The standard InChI is InChI=1S/C16H32O.C16H30O.C16H28O.C16H30/c3*1-2-3-4-5-6-7-8-9-10-11-12-13-14-15-16-17;1-3-5-7-9-11-13-15-16-14-12-10-8-6-4-2/h5-6,17H,2-4,7-16H2,1H3;6-7,16H,2-5,8-15H2,1H3;4-7,16H,2-3,8-15H2,1H3;5,7,9,11H,3-4,6,8,10,12-16H2,1-2H3/b6-5+;;5-4-,7-6-;7-5+,11-9+. The minimum absolute atomic E-state index is 0.365. The number of hydrogen-bond acceptors (Lipinski definition) is 3. The number of unbranched alkanes of at least 4 members (excludes halogenated alkanes) is 36. The first-order chi connectivity index (χ1) is 33.2. The van der Waals surface area contributed by atoms with E-state index >= 15 is 0 Å². The molecule has 0 amide bonds. The second kappa shape index (κ2) is 77.9. The van der Waals surface area contributed by atoms with Gasteiger partial charge in [0.2, 0.25) is 0 Å². The molecule has 0 saturated carbocycles. The summed E-state index contributed by atoms with van der Waals surface area (Å²) in [5.41, 5.74) is 0. The largest absolute Gasteiger partial charge is 0.396 e. The van der Waals surface area contributed by atoms with E-state index in [2.05, 4.69) is 108 Å². The fourth-order valence-corrected chi connectivity index (χ4v) is 7.44. The molecule has 0 aromatic carbocycles. The van der Waals surface area contributed by atoms with Gasteiger partial charge in [-0.1, -0.05) is 274 Å². The molecule has 0 atom stereocenters. The Morgan fingerprint density at radius 1 is 0.239 bits per heavy atom. The molecule has 0 bridgehead atoms. The monoisotopic (exact) mass is 937 g/mol. The second-order valence-electron chi connectivity index (χ2n) is 18.8. The Labute approximate surface area is 422 Å². The van der Waals surface area contributed by atoms with Crippen LogP contribution in [0.2, 0.25) is 0 Å². The van der Waals surface area contributed by atoms with Gasteiger partial charge in [0.15, 0.2) is 0 Å². The van der Waals surface area contributed by atoms with Gasteiger partial charge in [0.05, 0.1) is 0 Å². The highest BCUT2D eigenvalue weighted by Crippen LogP contribution is 2.13. The van der Waals surface area contributed by atoms with Crippen LogP contribution in [0.4, 0.5) is 0 Å². The minimum Gasteiger partial charge on any atom is -0.396 e. The van der Waals surface area contributed by atoms with Crippen LogP contribution >= 0.6 is 0 Å². The van der Waals surface area contributed by atoms with Gasteiger partial charge in [-0.3, -0.25) is 0 Å². The zero-order valence-corrected chi connectivity index (χ0v) is 46.2. The minimum atomic E-state index is 0.365. The van der Waals surface area contributed by atoms with Crippen molar-refractivity contribution in [2.24, 2.45) is 0 Å². The zero-order chi connectivity index (χ0) is 49.7. The van der Waals surface area contributed by atoms with Crippen LogP contribution in [-0.2, 0) is 9.59 Å². The normalized spacial score (nSPS) is 11.5. The molecule has 0 saturated heterocycles. The fraction of sp³-hybridized carbons (Fsp3) is 0.781. The van der Waals surface area contributed by atoms with E-state index in [1.54, 1.807) is 0 Å². The average molecular weight is 938 g/mol. The maximum atomic E-state index is 10.1. The molecule has 0 heterocycles. The predicted molar refractivity (Wildman–Crippen MR) is 306 cm³/mol. The Morgan fingerprint density at radius 2 is 0.493 bits per heavy atom. The van der Waals surface area contributed by atoms with Crippen molar-refractivity contribution in [3.8, 4) is 0 Å². The van der Waals surface area contributed by atoms with Crippen molar-refractivity contribution in [3.05, 3.63) is 72.9 Å². The third kappa shape index (κ3) is 87.4. The maximum Gasteiger partial charge on any atom is 0.119 e. The van der Waals surface area contributed by atoms with E-state index in [1.807, 2.05) is 0 Å². The van der Waals surface area contributed by atoms with Gasteiger partial charge < -0.3 is 14.7 Å². The Hall–Kier alpha value is -2.26. The molecule has 0 fully saturated rings. The SMILES string of the molecule is CC/C=C/C=C/CCCCCCCCCC.CCC/C=C\C=C/CCCCCCCCC=O.CCCC/C=C/CCCCCCCCCCO.CCCCCC=CCCCCCCCCC=O. The first kappa shape index (κ1) is 71.3. The Kier molecular flexibility index (Phi) is 82.9. The molecule has 67 heavy (non-hydrogen) atoms. The molecule has 0 rings (SSSR count). The topological polar surface area (TPSA) is 54.4 Å². The van der Waals surface area contributed by atoms with Crippen LogP contribution in [0.15, 0.2) is 72.9 Å². The highest BCUT2D eigenvalue weighted by atomic mass is 16.3. The lowest BCUT2D eigenvalue weighted by Gasteiger charge is -2.00. The number of carbonyl (C=O) groups excluding carboxylic acids is 2. The smallest absolute Gasteiger partial charge is 0.119 e. The van der Waals surface area contributed by atoms with Crippen LogP contribution in [0, 0.1) is 0 Å². The number of aliphatic hydroxyl groups excluding tert-OH is 1. The lowest BCUT2D eigenvalue weighted by atomic mass is 10.1. The van der Waals surface area contributed by atoms with E-state index in [4.69, 9.17) is 5.11 Å². The summed E-state index contributed by atoms with van der Waals surface area (Å²) in [5, 5.41) is 8.64. The van der Waals surface area contributed by atoms with Crippen LogP contribution in [-0.4, -0.2) is 24.3 Å². The Morgan fingerprint density at radius 3 is 0.821 bits per heavy atom. The molecule has 0 aromatic rings. The Balaban J connectivity index is -0.000000395. The molecule has 394 valence electrons. The molecular formula is C64H120O3. The average Bonchev–Trinajstić information content (AvgIpc) is 3.34. The molecule has 3 heteroatoms. The number of carbonyl (C=O) groups is 2. The summed E-state index contributed by atoms with van der Waals surface area (Å²) in [7, 11) is 0. The molecule has 1 N–H and O–H groups in total. The summed E-state index contributed by atoms with van der Waals surface area (Å²) in [6.45, 7) is 11.5. The van der Waals surface area contributed by atoms with Gasteiger partial charge >= 0.3 is 0 Å². The van der Waals surface area contributed by atoms with Gasteiger partial charge in [-0.15, -0.1) is 0 Å². The molecule has 0 aromatic heterocycles. The third-order valence-electron chi connectivity index (χ3n) is 11.9. The van der Waals surface area contributed by atoms with Crippen LogP contribution in [0.3, 0.4) is 0 Å². The van der Waals surface area contributed by atoms with E-state index in [0.29, 0.717) is 6.61 Å². The number of hydrogen-bond donors (Lipinski definition) is 1. The molecule has 0 spiro atoms. The van der Waals surface area contributed by atoms with Crippen molar-refractivity contribution in [1.82, 2.24) is 0 Å². The van der Waals surface area contributed by atoms with E-state index in [9.17, 15) is 9.59 Å². The van der Waals surface area contributed by atoms with E-state index in [-0.39, 0.29) is 0 Å². The third-order valence-corrected chi connectivity index (χ3v) is 11.9. The summed E-state index contributed by atoms with van der Waals surface area (Å²) in [5.74, 6) is 0. The lowest BCUT2D eigenvalue weighted by Crippen LogP contribution is -1.84. The number of allylic oxidation sites excluding steroid dienone is 12. The fourth-order valence-electron chi connectivity index (χ4n) is 7.44. The zero-order valence-electron chi connectivity index (χ0n) is 46.2. The second-order valence-corrected chi connectivity index (χ2v) is 18.8. The van der Waals surface area contributed by atoms with Crippen molar-refractivity contribution >= 4 is 12.6 Å². The van der Waals surface area contributed by atoms with E-state index < -0.39 is 0 Å². The predicted octanol–water partition coefficient (Wildman–Crippen LogP) is 21.9. The van der Waals surface area contributed by atoms with Gasteiger partial charge in [-0.05, 0) is 103 Å². The molecule has 0 radical (unpaired) electrons. The van der Waals surface area contributed by atoms with E-state index in [0.717, 1.165) is 51.1 Å². The Bertz CT molecular complexity index is 1020. The van der Waals surface area contributed by atoms with Gasteiger partial charge in [0, 0.05) is 19.4 Å². The molecule has 0 unspecified atom stereocenters. The van der Waals surface area contributed by atoms with E-state index in [1.165, 1.54) is 244 Å². The summed E-state index contributed by atoms with van der Waals surface area (Å²) < 4.78 is 0. The molecule has 0 aliphatic carbocycles. The number of aldehydes is 2. The van der Waals surface area contributed by atoms with Gasteiger partial charge in [0.1, 0.15) is 12.6 Å². The van der Waals surface area contributed by atoms with Crippen molar-refractivity contribution in [2.75, 3.05) is 6.61 Å². The van der Waals surface area contributed by atoms with Gasteiger partial charge in [-0.2, -0.15) is 0 Å². The maximum absolute atomic E-state index is 10.1. The lowest BCUT2D eigenvalue weighted by molar-refractivity contribution is -0.108. The van der Waals surface area contributed by atoms with Crippen LogP contribution in [0.1, 0.15) is 317 Å². The van der Waals surface area contributed by atoms with Crippen molar-refractivity contribution in [3.63, 3.8) is 0 Å². The van der Waals surface area contributed by atoms with Gasteiger partial charge in [0.25, 0.3) is 0 Å². The quantitative estimate of drug-likeness (QED) is 0.0286. The van der Waals surface area contributed by atoms with Crippen molar-refractivity contribution in [2.45, 2.75) is 317 Å². The summed E-state index contributed by atoms with van der Waals surface area (Å²) in [6, 6.07) is 0. The summed E-state index contributed by atoms with van der Waals surface area (Å²) in [6.07, 6.45) is 85.2. The summed E-state index contributed by atoms with van der Waals surface area (Å²) >= 11 is 0. The summed E-state index contributed by atoms with van der Waals surface area (Å²) in [4.78, 5) is 20.2. The van der Waals surface area contributed by atoms with Crippen LogP contribution in [0.25, 0.3) is 0 Å². The first-order valence-electron chi connectivity index (χ1n) is 29.6. The molecule has 0 aliphatic heterocycles. The first-order valence-corrected chi connectivity index (χ1v) is 29.6. The van der Waals surface area contributed by atoms with Gasteiger partial charge in [-0.25, -0.2) is 0 Å². The number of aliphatic hydroxyl groups is 1. The molecular weight excluding hydrogens is 817 g/mol. The number of rotatable bonds is 49. The van der Waals surface area contributed by atoms with Crippen molar-refractivity contribution < 1.29 is 14.7 Å².